The summed E-state index contributed by atoms with van der Waals surface area (Å²) in [5.41, 5.74) is 0.161. The number of nitrogens with zero attached hydrogens (tertiary/aromatic N) is 3. The molecular formula is C8H4F3N3O. The average molecular weight is 215 g/mol. The Morgan fingerprint density at radius 2 is 2.00 bits per heavy atom. The van der Waals surface area contributed by atoms with E-state index >= 15 is 0 Å². The molecule has 0 aliphatic carbocycles. The summed E-state index contributed by atoms with van der Waals surface area (Å²) in [6.45, 7) is 0. The lowest BCUT2D eigenvalue weighted by atomic mass is 10.3. The molecule has 0 aromatic carbocycles. The third-order valence-electron chi connectivity index (χ3n) is 1.58. The SMILES string of the molecule is Fc1cncc(-c2nnc(C(F)F)o2)c1. The van der Waals surface area contributed by atoms with Crippen LogP contribution in [0.3, 0.4) is 0 Å². The van der Waals surface area contributed by atoms with Crippen molar-refractivity contribution in [3.05, 3.63) is 30.2 Å². The minimum absolute atomic E-state index is 0.161. The van der Waals surface area contributed by atoms with E-state index in [1.54, 1.807) is 0 Å². The molecule has 15 heavy (non-hydrogen) atoms. The van der Waals surface area contributed by atoms with Crippen molar-refractivity contribution in [3.8, 4) is 11.5 Å². The van der Waals surface area contributed by atoms with Crippen molar-refractivity contribution in [2.24, 2.45) is 0 Å². The Morgan fingerprint density at radius 3 is 2.60 bits per heavy atom. The van der Waals surface area contributed by atoms with E-state index in [2.05, 4.69) is 19.6 Å². The molecule has 0 fully saturated rings. The van der Waals surface area contributed by atoms with E-state index in [4.69, 9.17) is 0 Å². The van der Waals surface area contributed by atoms with Crippen molar-refractivity contribution in [2.45, 2.75) is 6.43 Å². The first-order chi connectivity index (χ1) is 7.16. The largest absolute Gasteiger partial charge is 0.415 e. The van der Waals surface area contributed by atoms with Gasteiger partial charge in [0.25, 0.3) is 5.89 Å². The molecule has 0 amide bonds. The second-order valence-electron chi connectivity index (χ2n) is 2.64. The summed E-state index contributed by atoms with van der Waals surface area (Å²) in [6, 6.07) is 1.07. The topological polar surface area (TPSA) is 51.8 Å². The Bertz CT molecular complexity index is 472. The fraction of sp³-hybridized carbons (Fsp3) is 0.125. The Hall–Kier alpha value is -1.92. The van der Waals surface area contributed by atoms with Crippen LogP contribution >= 0.6 is 0 Å². The van der Waals surface area contributed by atoms with E-state index in [0.29, 0.717) is 0 Å². The Labute approximate surface area is 81.8 Å². The predicted octanol–water partition coefficient (Wildman–Crippen LogP) is 2.21. The highest BCUT2D eigenvalue weighted by molar-refractivity contribution is 5.50. The van der Waals surface area contributed by atoms with Crippen molar-refractivity contribution in [1.29, 1.82) is 0 Å². The van der Waals surface area contributed by atoms with Crippen LogP contribution in [0.1, 0.15) is 12.3 Å². The Morgan fingerprint density at radius 1 is 1.20 bits per heavy atom. The van der Waals surface area contributed by atoms with Gasteiger partial charge in [0.05, 0.1) is 11.8 Å². The summed E-state index contributed by atoms with van der Waals surface area (Å²) in [7, 11) is 0. The van der Waals surface area contributed by atoms with Crippen LogP contribution in [0.15, 0.2) is 22.9 Å². The molecule has 7 heteroatoms. The van der Waals surface area contributed by atoms with E-state index in [9.17, 15) is 13.2 Å². The number of aromatic nitrogens is 3. The summed E-state index contributed by atoms with van der Waals surface area (Å²) >= 11 is 0. The van der Waals surface area contributed by atoms with Gasteiger partial charge in [-0.1, -0.05) is 0 Å². The van der Waals surface area contributed by atoms with Gasteiger partial charge in [0.15, 0.2) is 0 Å². The molecule has 4 nitrogen and oxygen atoms in total. The third-order valence-corrected chi connectivity index (χ3v) is 1.58. The van der Waals surface area contributed by atoms with Crippen molar-refractivity contribution in [1.82, 2.24) is 15.2 Å². The number of hydrogen-bond donors (Lipinski definition) is 0. The van der Waals surface area contributed by atoms with Crippen molar-refractivity contribution < 1.29 is 17.6 Å². The highest BCUT2D eigenvalue weighted by atomic mass is 19.3. The van der Waals surface area contributed by atoms with Crippen LogP contribution in [0, 0.1) is 5.82 Å². The standard InChI is InChI=1S/C8H4F3N3O/c9-5-1-4(2-12-3-5)7-13-14-8(15-7)6(10)11/h1-3,6H. The minimum Gasteiger partial charge on any atom is -0.415 e. The highest BCUT2D eigenvalue weighted by Crippen LogP contribution is 2.22. The second-order valence-corrected chi connectivity index (χ2v) is 2.64. The normalized spacial score (nSPS) is 10.9. The summed E-state index contributed by atoms with van der Waals surface area (Å²) in [4.78, 5) is 3.52. The van der Waals surface area contributed by atoms with Crippen LogP contribution in [0.5, 0.6) is 0 Å². The quantitative estimate of drug-likeness (QED) is 0.770. The van der Waals surface area contributed by atoms with Crippen LogP contribution in [-0.4, -0.2) is 15.2 Å². The lowest BCUT2D eigenvalue weighted by Gasteiger charge is -1.93. The van der Waals surface area contributed by atoms with Gasteiger partial charge in [-0.15, -0.1) is 10.2 Å². The first-order valence-electron chi connectivity index (χ1n) is 3.89. The summed E-state index contributed by atoms with van der Waals surface area (Å²) < 4.78 is 41.5. The molecule has 0 atom stereocenters. The Balaban J connectivity index is 2.37. The number of hydrogen-bond acceptors (Lipinski definition) is 4. The number of pyridine rings is 1. The van der Waals surface area contributed by atoms with Crippen LogP contribution in [0.2, 0.25) is 0 Å². The molecule has 0 aliphatic heterocycles. The minimum atomic E-state index is -2.84. The van der Waals surface area contributed by atoms with Gasteiger partial charge in [-0.25, -0.2) is 4.39 Å². The van der Waals surface area contributed by atoms with Crippen molar-refractivity contribution in [2.75, 3.05) is 0 Å². The van der Waals surface area contributed by atoms with Gasteiger partial charge >= 0.3 is 6.43 Å². The van der Waals surface area contributed by atoms with Crippen LogP contribution in [0.25, 0.3) is 11.5 Å². The lowest BCUT2D eigenvalue weighted by molar-refractivity contribution is 0.116. The maximum absolute atomic E-state index is 12.7. The molecule has 2 aromatic heterocycles. The molecule has 78 valence electrons. The zero-order valence-corrected chi connectivity index (χ0v) is 7.19. The summed E-state index contributed by atoms with van der Waals surface area (Å²) in [6.07, 6.45) is -0.618. The van der Waals surface area contributed by atoms with Gasteiger partial charge in [-0.2, -0.15) is 8.78 Å². The van der Waals surface area contributed by atoms with Crippen LogP contribution in [-0.2, 0) is 0 Å². The smallest absolute Gasteiger partial charge is 0.314 e. The first kappa shape index (κ1) is 9.63. The van der Waals surface area contributed by atoms with Gasteiger partial charge in [0.2, 0.25) is 5.89 Å². The molecule has 0 spiro atoms. The molecule has 0 aliphatic rings. The van der Waals surface area contributed by atoms with Crippen molar-refractivity contribution in [3.63, 3.8) is 0 Å². The second kappa shape index (κ2) is 3.68. The molecule has 0 bridgehead atoms. The maximum Gasteiger partial charge on any atom is 0.314 e. The van der Waals surface area contributed by atoms with E-state index in [-0.39, 0.29) is 11.5 Å². The highest BCUT2D eigenvalue weighted by Gasteiger charge is 2.17. The monoisotopic (exact) mass is 215 g/mol. The lowest BCUT2D eigenvalue weighted by Crippen LogP contribution is -1.82. The van der Waals surface area contributed by atoms with E-state index in [1.807, 2.05) is 0 Å². The summed E-state index contributed by atoms with van der Waals surface area (Å²) in [5.74, 6) is -1.59. The average Bonchev–Trinajstić information content (AvgIpc) is 2.66. The Kier molecular flexibility index (Phi) is 2.36. The third kappa shape index (κ3) is 1.95. The molecular weight excluding hydrogens is 211 g/mol. The molecule has 2 rings (SSSR count). The van der Waals surface area contributed by atoms with Crippen LogP contribution in [0.4, 0.5) is 13.2 Å². The van der Waals surface area contributed by atoms with Gasteiger partial charge in [0, 0.05) is 6.20 Å². The number of alkyl halides is 2. The fourth-order valence-electron chi connectivity index (χ4n) is 0.968. The first-order valence-corrected chi connectivity index (χ1v) is 3.89. The molecule has 0 saturated heterocycles. The number of halogens is 3. The maximum atomic E-state index is 12.7. The van der Waals surface area contributed by atoms with Gasteiger partial charge in [0.1, 0.15) is 5.82 Å². The molecule has 0 saturated carbocycles. The fourth-order valence-corrected chi connectivity index (χ4v) is 0.968. The van der Waals surface area contributed by atoms with Crippen LogP contribution < -0.4 is 0 Å². The molecule has 0 radical (unpaired) electrons. The zero-order chi connectivity index (χ0) is 10.8. The molecule has 0 unspecified atom stereocenters. The van der Waals surface area contributed by atoms with Crippen molar-refractivity contribution >= 4 is 0 Å². The molecule has 0 N–H and O–H groups in total. The van der Waals surface area contributed by atoms with Gasteiger partial charge in [-0.05, 0) is 6.07 Å². The molecule has 2 aromatic rings. The van der Waals surface area contributed by atoms with Gasteiger partial charge < -0.3 is 4.42 Å². The zero-order valence-electron chi connectivity index (χ0n) is 7.19. The predicted molar refractivity (Wildman–Crippen MR) is 42.4 cm³/mol. The molecule has 2 heterocycles. The summed E-state index contributed by atoms with van der Waals surface area (Å²) in [5, 5.41) is 6.45. The number of rotatable bonds is 2. The van der Waals surface area contributed by atoms with E-state index < -0.39 is 18.1 Å². The van der Waals surface area contributed by atoms with Gasteiger partial charge in [-0.3, -0.25) is 4.98 Å². The van der Waals surface area contributed by atoms with E-state index in [1.165, 1.54) is 6.20 Å². The van der Waals surface area contributed by atoms with E-state index in [0.717, 1.165) is 12.3 Å².